The average molecular weight is 642 g/mol. The Hall–Kier alpha value is -2.17. The molecule has 0 spiro atoms. The molecule has 3 heteroatoms. The third-order valence-corrected chi connectivity index (χ3v) is 8.47. The largest absolute Gasteiger partial charge is 0.251 e. The maximum Gasteiger partial charge on any atom is 0.135 e. The molecule has 0 unspecified atom stereocenters. The summed E-state index contributed by atoms with van der Waals surface area (Å²) in [6, 6.07) is 13.5. The number of hydrogen-bond donors (Lipinski definition) is 0. The van der Waals surface area contributed by atoms with Crippen molar-refractivity contribution in [3.05, 3.63) is 58.7 Å². The second-order valence-corrected chi connectivity index (χ2v) is 12.1. The van der Waals surface area contributed by atoms with Gasteiger partial charge in [-0.1, -0.05) is 124 Å². The molecule has 0 bridgehead atoms. The van der Waals surface area contributed by atoms with Crippen LogP contribution in [-0.2, 0) is 42.2 Å². The molecule has 2 aromatic rings. The first-order chi connectivity index (χ1) is 21.1. The van der Waals surface area contributed by atoms with Crippen LogP contribution in [0.15, 0.2) is 46.4 Å². The average Bonchev–Trinajstić information content (AvgIpc) is 3.03. The van der Waals surface area contributed by atoms with Gasteiger partial charge in [0.1, 0.15) is 5.71 Å². The minimum Gasteiger partial charge on any atom is -0.251 e. The fraction of sp³-hybridized carbons (Fsp3) is 0.610. The molecule has 0 saturated carbocycles. The van der Waals surface area contributed by atoms with E-state index in [9.17, 15) is 0 Å². The normalized spacial score (nSPS) is 11.7. The van der Waals surface area contributed by atoms with Crippen LogP contribution >= 0.6 is 0 Å². The first kappa shape index (κ1) is 39.9. The molecule has 0 atom stereocenters. The van der Waals surface area contributed by atoms with Gasteiger partial charge in [0.2, 0.25) is 0 Å². The molecule has 44 heavy (non-hydrogen) atoms. The molecule has 0 fully saturated rings. The Morgan fingerprint density at radius 2 is 1.07 bits per heavy atom. The van der Waals surface area contributed by atoms with Crippen LogP contribution in [0.1, 0.15) is 160 Å². The van der Waals surface area contributed by atoms with Gasteiger partial charge >= 0.3 is 0 Å². The van der Waals surface area contributed by atoms with Gasteiger partial charge in [-0.05, 0) is 104 Å². The van der Waals surface area contributed by atoms with Crippen molar-refractivity contribution < 1.29 is 16.5 Å². The zero-order valence-electron chi connectivity index (χ0n) is 29.1. The molecular formula is C41H62N2Ni. The van der Waals surface area contributed by atoms with Crippen LogP contribution in [0, 0.1) is 11.8 Å². The molecule has 2 rings (SSSR count). The van der Waals surface area contributed by atoms with Crippen LogP contribution in [0.4, 0.5) is 11.4 Å². The summed E-state index contributed by atoms with van der Waals surface area (Å²) in [5.41, 5.74) is 9.62. The van der Waals surface area contributed by atoms with Crippen LogP contribution in [-0.4, -0.2) is 11.4 Å². The molecular weight excluding hydrogens is 579 g/mol. The predicted molar refractivity (Wildman–Crippen MR) is 193 cm³/mol. The maximum atomic E-state index is 5.21. The Bertz CT molecular complexity index is 1180. The monoisotopic (exact) mass is 640 g/mol. The van der Waals surface area contributed by atoms with E-state index < -0.39 is 0 Å². The van der Waals surface area contributed by atoms with Gasteiger partial charge in [-0.25, -0.2) is 4.99 Å². The van der Waals surface area contributed by atoms with Crippen molar-refractivity contribution in [3.8, 4) is 11.8 Å². The molecule has 0 saturated heterocycles. The van der Waals surface area contributed by atoms with Gasteiger partial charge in [0.25, 0.3) is 0 Å². The molecule has 0 aliphatic heterocycles. The van der Waals surface area contributed by atoms with Crippen molar-refractivity contribution in [2.75, 3.05) is 0 Å². The van der Waals surface area contributed by atoms with Crippen LogP contribution in [0.2, 0.25) is 0 Å². The summed E-state index contributed by atoms with van der Waals surface area (Å²) < 4.78 is 0. The minimum absolute atomic E-state index is 0. The van der Waals surface area contributed by atoms with Crippen LogP contribution in [0.3, 0.4) is 0 Å². The van der Waals surface area contributed by atoms with Crippen molar-refractivity contribution in [3.63, 3.8) is 0 Å². The number of unbranched alkanes of at least 4 members (excludes halogenated alkanes) is 11. The molecule has 2 nitrogen and oxygen atoms in total. The van der Waals surface area contributed by atoms with Crippen molar-refractivity contribution in [2.24, 2.45) is 9.98 Å². The van der Waals surface area contributed by atoms with E-state index >= 15 is 0 Å². The van der Waals surface area contributed by atoms with Crippen molar-refractivity contribution >= 4 is 22.8 Å². The molecule has 0 aliphatic carbocycles. The van der Waals surface area contributed by atoms with Gasteiger partial charge in [0.05, 0.1) is 17.1 Å². The second kappa shape index (κ2) is 25.1. The molecule has 0 N–H and O–H groups in total. The van der Waals surface area contributed by atoms with Crippen molar-refractivity contribution in [2.45, 2.75) is 164 Å². The zero-order valence-corrected chi connectivity index (χ0v) is 30.1. The summed E-state index contributed by atoms with van der Waals surface area (Å²) >= 11 is 0. The Balaban J connectivity index is 0.00000968. The molecule has 0 aromatic heterocycles. The van der Waals surface area contributed by atoms with E-state index in [0.29, 0.717) is 0 Å². The maximum absolute atomic E-state index is 5.21. The number of aliphatic imine (C=N–C) groups is 2. The second-order valence-electron chi connectivity index (χ2n) is 12.1. The predicted octanol–water partition coefficient (Wildman–Crippen LogP) is 12.7. The SMILES string of the molecule is CCCCCCCCCC#CC(=N\c1ccc(CCCCC)c(CCCCC)c1)/C(CC)=N/c1ccc(CC)c(CC)c1.[Ni]. The molecule has 0 aliphatic rings. The van der Waals surface area contributed by atoms with Gasteiger partial charge in [-0.15, -0.1) is 0 Å². The van der Waals surface area contributed by atoms with E-state index in [1.165, 1.54) is 106 Å². The quantitative estimate of drug-likeness (QED) is 0.0561. The molecule has 0 heterocycles. The number of benzene rings is 2. The van der Waals surface area contributed by atoms with Crippen LogP contribution in [0.25, 0.3) is 0 Å². The Morgan fingerprint density at radius 3 is 1.68 bits per heavy atom. The minimum atomic E-state index is 0. The third-order valence-electron chi connectivity index (χ3n) is 8.47. The van der Waals surface area contributed by atoms with E-state index in [1.807, 2.05) is 0 Å². The number of hydrogen-bond acceptors (Lipinski definition) is 2. The standard InChI is InChI=1S/C41H62N2.Ni/c1-7-13-16-17-18-19-20-21-24-27-41(40(12-6)42-38-30-28-34(10-4)35(11-5)32-38)43-39-31-29-36(25-22-14-8-2)37(33-39)26-23-15-9-3;/h28-33H,7-23,25-26H2,1-6H3;/b42-40+,43-41+;. The fourth-order valence-corrected chi connectivity index (χ4v) is 5.71. The van der Waals surface area contributed by atoms with E-state index in [2.05, 4.69) is 89.8 Å². The van der Waals surface area contributed by atoms with E-state index in [4.69, 9.17) is 9.98 Å². The molecule has 0 radical (unpaired) electrons. The number of rotatable bonds is 21. The molecule has 246 valence electrons. The van der Waals surface area contributed by atoms with Gasteiger partial charge in [0, 0.05) is 22.9 Å². The Kier molecular flexibility index (Phi) is 22.7. The van der Waals surface area contributed by atoms with Crippen molar-refractivity contribution in [1.82, 2.24) is 0 Å². The van der Waals surface area contributed by atoms with Gasteiger partial charge in [-0.3, -0.25) is 4.99 Å². The summed E-state index contributed by atoms with van der Waals surface area (Å²) in [5, 5.41) is 0. The van der Waals surface area contributed by atoms with Gasteiger partial charge in [0.15, 0.2) is 0 Å². The van der Waals surface area contributed by atoms with Crippen LogP contribution in [0.5, 0.6) is 0 Å². The summed E-state index contributed by atoms with van der Waals surface area (Å²) in [5.74, 6) is 6.99. The van der Waals surface area contributed by atoms with E-state index in [1.54, 1.807) is 0 Å². The van der Waals surface area contributed by atoms with E-state index in [-0.39, 0.29) is 16.5 Å². The topological polar surface area (TPSA) is 24.7 Å². The van der Waals surface area contributed by atoms with Crippen molar-refractivity contribution in [1.29, 1.82) is 0 Å². The molecule has 0 amide bonds. The smallest absolute Gasteiger partial charge is 0.135 e. The number of nitrogens with zero attached hydrogens (tertiary/aromatic N) is 2. The summed E-state index contributed by atoms with van der Waals surface area (Å²) in [6.45, 7) is 13.5. The first-order valence-electron chi connectivity index (χ1n) is 18.0. The Morgan fingerprint density at radius 1 is 0.545 bits per heavy atom. The Labute approximate surface area is 282 Å². The fourth-order valence-electron chi connectivity index (χ4n) is 5.71. The van der Waals surface area contributed by atoms with E-state index in [0.717, 1.165) is 61.3 Å². The van der Waals surface area contributed by atoms with Gasteiger partial charge in [-0.2, -0.15) is 0 Å². The molecule has 2 aromatic carbocycles. The summed E-state index contributed by atoms with van der Waals surface area (Å²) in [6.07, 6.45) is 22.8. The summed E-state index contributed by atoms with van der Waals surface area (Å²) in [7, 11) is 0. The van der Waals surface area contributed by atoms with Gasteiger partial charge < -0.3 is 0 Å². The third kappa shape index (κ3) is 15.2. The van der Waals surface area contributed by atoms with Crippen LogP contribution < -0.4 is 0 Å². The summed E-state index contributed by atoms with van der Waals surface area (Å²) in [4.78, 5) is 10.4. The number of aryl methyl sites for hydroxylation is 4. The zero-order chi connectivity index (χ0) is 31.1. The first-order valence-corrected chi connectivity index (χ1v) is 18.0.